The number of fused-ring (bicyclic) bond motifs is 4. The van der Waals surface area contributed by atoms with Crippen LogP contribution in [0, 0.1) is 6.92 Å². The Morgan fingerprint density at radius 1 is 1.04 bits per heavy atom. The Labute approximate surface area is 163 Å². The molecular formula is C22H25N5O. The zero-order valence-corrected chi connectivity index (χ0v) is 16.5. The molecule has 6 nitrogen and oxygen atoms in total. The normalized spacial score (nSPS) is 15.4. The van der Waals surface area contributed by atoms with Crippen LogP contribution >= 0.6 is 0 Å². The van der Waals surface area contributed by atoms with Crippen LogP contribution in [0.15, 0.2) is 29.1 Å². The lowest BCUT2D eigenvalue weighted by molar-refractivity contribution is 0.485. The molecule has 1 saturated carbocycles. The van der Waals surface area contributed by atoms with Crippen LogP contribution in [0.3, 0.4) is 0 Å². The molecule has 3 heterocycles. The van der Waals surface area contributed by atoms with Crippen LogP contribution in [-0.4, -0.2) is 24.1 Å². The zero-order valence-electron chi connectivity index (χ0n) is 16.5. The van der Waals surface area contributed by atoms with E-state index in [2.05, 4.69) is 11.5 Å². The molecule has 1 aromatic carbocycles. The van der Waals surface area contributed by atoms with Gasteiger partial charge in [-0.3, -0.25) is 9.36 Å². The van der Waals surface area contributed by atoms with Crippen molar-refractivity contribution in [3.8, 4) is 0 Å². The standard InChI is InChI=1S/C22H25N5O/c1-3-4-13-26-20-18(19-21(26)25-17-12-8-7-11-16(17)24-19)22(28)27(14(2)23-20)15-9-5-6-10-15/h7-8,11-12,15H,3-6,9-10,13H2,1-2H3. The van der Waals surface area contributed by atoms with E-state index in [1.807, 2.05) is 35.8 Å². The van der Waals surface area contributed by atoms with Gasteiger partial charge in [0.25, 0.3) is 5.56 Å². The Morgan fingerprint density at radius 2 is 1.75 bits per heavy atom. The van der Waals surface area contributed by atoms with Gasteiger partial charge in [0, 0.05) is 12.6 Å². The Bertz CT molecular complexity index is 1250. The van der Waals surface area contributed by atoms with Gasteiger partial charge in [0.15, 0.2) is 11.3 Å². The van der Waals surface area contributed by atoms with Crippen molar-refractivity contribution in [1.82, 2.24) is 24.1 Å². The fourth-order valence-corrected chi connectivity index (χ4v) is 4.60. The molecule has 1 aliphatic carbocycles. The first kappa shape index (κ1) is 17.3. The molecule has 0 N–H and O–H groups in total. The third-order valence-electron chi connectivity index (χ3n) is 6.00. The van der Waals surface area contributed by atoms with Gasteiger partial charge in [-0.05, 0) is 38.3 Å². The first-order valence-electron chi connectivity index (χ1n) is 10.4. The average Bonchev–Trinajstić information content (AvgIpc) is 3.31. The fraction of sp³-hybridized carbons (Fsp3) is 0.455. The molecule has 6 heteroatoms. The van der Waals surface area contributed by atoms with E-state index in [9.17, 15) is 4.79 Å². The molecule has 0 amide bonds. The summed E-state index contributed by atoms with van der Waals surface area (Å²) in [5.74, 6) is 0.800. The monoisotopic (exact) mass is 375 g/mol. The van der Waals surface area contributed by atoms with Crippen molar-refractivity contribution in [2.45, 2.75) is 65.0 Å². The van der Waals surface area contributed by atoms with Crippen LogP contribution < -0.4 is 5.56 Å². The highest BCUT2D eigenvalue weighted by atomic mass is 16.1. The first-order chi connectivity index (χ1) is 13.7. The number of nitrogens with zero attached hydrogens (tertiary/aromatic N) is 5. The van der Waals surface area contributed by atoms with Gasteiger partial charge in [-0.25, -0.2) is 15.0 Å². The lowest BCUT2D eigenvalue weighted by atomic mass is 10.2. The average molecular weight is 375 g/mol. The highest BCUT2D eigenvalue weighted by molar-refractivity contribution is 6.04. The molecule has 0 spiro atoms. The number of rotatable bonds is 4. The van der Waals surface area contributed by atoms with Gasteiger partial charge in [-0.2, -0.15) is 0 Å². The van der Waals surface area contributed by atoms with Gasteiger partial charge in [-0.15, -0.1) is 0 Å². The molecule has 0 atom stereocenters. The summed E-state index contributed by atoms with van der Waals surface area (Å²) < 4.78 is 4.01. The summed E-state index contributed by atoms with van der Waals surface area (Å²) in [4.78, 5) is 28.3. The molecule has 3 aromatic heterocycles. The lowest BCUT2D eigenvalue weighted by Gasteiger charge is -2.16. The molecule has 144 valence electrons. The van der Waals surface area contributed by atoms with Crippen LogP contribution in [0.5, 0.6) is 0 Å². The minimum atomic E-state index is 0.0410. The summed E-state index contributed by atoms with van der Waals surface area (Å²) in [5, 5.41) is 0.627. The smallest absolute Gasteiger partial charge is 0.265 e. The molecule has 0 unspecified atom stereocenters. The Morgan fingerprint density at radius 3 is 2.46 bits per heavy atom. The van der Waals surface area contributed by atoms with E-state index in [1.165, 1.54) is 12.8 Å². The molecule has 5 rings (SSSR count). The minimum Gasteiger partial charge on any atom is -0.308 e. The predicted molar refractivity (Wildman–Crippen MR) is 112 cm³/mol. The van der Waals surface area contributed by atoms with E-state index in [1.54, 1.807) is 0 Å². The van der Waals surface area contributed by atoms with Gasteiger partial charge >= 0.3 is 0 Å². The topological polar surface area (TPSA) is 65.6 Å². The number of hydrogen-bond donors (Lipinski definition) is 0. The van der Waals surface area contributed by atoms with Crippen molar-refractivity contribution in [3.63, 3.8) is 0 Å². The van der Waals surface area contributed by atoms with Gasteiger partial charge in [-0.1, -0.05) is 38.3 Å². The van der Waals surface area contributed by atoms with Crippen molar-refractivity contribution in [2.24, 2.45) is 0 Å². The second kappa shape index (κ2) is 6.69. The molecule has 1 aliphatic rings. The maximum Gasteiger partial charge on any atom is 0.265 e. The van der Waals surface area contributed by atoms with Gasteiger partial charge in [0.05, 0.1) is 11.0 Å². The molecule has 28 heavy (non-hydrogen) atoms. The van der Waals surface area contributed by atoms with E-state index >= 15 is 0 Å². The van der Waals surface area contributed by atoms with Gasteiger partial charge in [0.2, 0.25) is 0 Å². The van der Waals surface area contributed by atoms with E-state index in [4.69, 9.17) is 15.0 Å². The van der Waals surface area contributed by atoms with E-state index in [0.29, 0.717) is 10.9 Å². The second-order valence-corrected chi connectivity index (χ2v) is 7.86. The molecule has 0 aliphatic heterocycles. The van der Waals surface area contributed by atoms with Crippen LogP contribution in [0.25, 0.3) is 33.2 Å². The highest BCUT2D eigenvalue weighted by Crippen LogP contribution is 2.31. The minimum absolute atomic E-state index is 0.0410. The molecule has 0 saturated heterocycles. The van der Waals surface area contributed by atoms with Crippen LogP contribution in [-0.2, 0) is 6.54 Å². The third kappa shape index (κ3) is 2.54. The third-order valence-corrected chi connectivity index (χ3v) is 6.00. The molecule has 1 fully saturated rings. The van der Waals surface area contributed by atoms with E-state index in [0.717, 1.165) is 60.4 Å². The van der Waals surface area contributed by atoms with Crippen molar-refractivity contribution < 1.29 is 0 Å². The van der Waals surface area contributed by atoms with E-state index in [-0.39, 0.29) is 11.6 Å². The van der Waals surface area contributed by atoms with E-state index < -0.39 is 0 Å². The highest BCUT2D eigenvalue weighted by Gasteiger charge is 2.25. The quantitative estimate of drug-likeness (QED) is 0.526. The fourth-order valence-electron chi connectivity index (χ4n) is 4.60. The summed E-state index contributed by atoms with van der Waals surface area (Å²) in [6.07, 6.45) is 6.54. The van der Waals surface area contributed by atoms with Crippen molar-refractivity contribution in [2.75, 3.05) is 0 Å². The van der Waals surface area contributed by atoms with Crippen molar-refractivity contribution >= 4 is 33.2 Å². The maximum absolute atomic E-state index is 13.6. The summed E-state index contributed by atoms with van der Waals surface area (Å²) in [7, 11) is 0. The second-order valence-electron chi connectivity index (χ2n) is 7.86. The van der Waals surface area contributed by atoms with Crippen molar-refractivity contribution in [3.05, 3.63) is 40.4 Å². The SMILES string of the molecule is CCCCn1c2nc3ccccc3nc2c2c(=O)n(C3CCCC3)c(C)nc21. The predicted octanol–water partition coefficient (Wildman–Crippen LogP) is 4.52. The van der Waals surface area contributed by atoms with Crippen LogP contribution in [0.1, 0.15) is 57.3 Å². The number of para-hydroxylation sites is 2. The largest absolute Gasteiger partial charge is 0.308 e. The Balaban J connectivity index is 1.89. The van der Waals surface area contributed by atoms with Crippen molar-refractivity contribution in [1.29, 1.82) is 0 Å². The number of benzene rings is 1. The molecule has 4 aromatic rings. The summed E-state index contributed by atoms with van der Waals surface area (Å²) in [6, 6.07) is 8.11. The zero-order chi connectivity index (χ0) is 19.3. The van der Waals surface area contributed by atoms with Gasteiger partial charge in [0.1, 0.15) is 16.7 Å². The Kier molecular flexibility index (Phi) is 4.14. The summed E-state index contributed by atoms with van der Waals surface area (Å²) in [6.45, 7) is 4.92. The van der Waals surface area contributed by atoms with Crippen LogP contribution in [0.4, 0.5) is 0 Å². The Hall–Kier alpha value is -2.76. The summed E-state index contributed by atoms with van der Waals surface area (Å²) in [5.41, 5.74) is 3.90. The first-order valence-corrected chi connectivity index (χ1v) is 10.4. The molecule has 0 bridgehead atoms. The molecular weight excluding hydrogens is 350 g/mol. The summed E-state index contributed by atoms with van der Waals surface area (Å²) >= 11 is 0. The van der Waals surface area contributed by atoms with Gasteiger partial charge < -0.3 is 4.57 Å². The number of unbranched alkanes of at least 4 members (excludes halogenated alkanes) is 1. The molecule has 0 radical (unpaired) electrons. The number of hydrogen-bond acceptors (Lipinski definition) is 4. The lowest BCUT2D eigenvalue weighted by Crippen LogP contribution is -2.27. The number of aryl methyl sites for hydroxylation is 2. The number of aromatic nitrogens is 5. The van der Waals surface area contributed by atoms with Crippen LogP contribution in [0.2, 0.25) is 0 Å². The maximum atomic E-state index is 13.6.